The summed E-state index contributed by atoms with van der Waals surface area (Å²) in [4.78, 5) is 21.9. The molecule has 4 N–H and O–H groups in total. The van der Waals surface area contributed by atoms with Gasteiger partial charge in [-0.1, -0.05) is 17.7 Å². The maximum atomic E-state index is 11.4. The van der Waals surface area contributed by atoms with Gasteiger partial charge < -0.3 is 34.6 Å². The number of rotatable bonds is 10. The van der Waals surface area contributed by atoms with Gasteiger partial charge in [0.1, 0.15) is 37.4 Å². The summed E-state index contributed by atoms with van der Waals surface area (Å²) in [5.41, 5.74) is 0.256. The van der Waals surface area contributed by atoms with Gasteiger partial charge in [-0.05, 0) is 33.6 Å². The molecule has 0 aromatic rings. The van der Waals surface area contributed by atoms with Crippen molar-refractivity contribution >= 4 is 11.9 Å². The molecule has 0 aromatic carbocycles. The van der Waals surface area contributed by atoms with Crippen LogP contribution in [-0.4, -0.2) is 75.3 Å². The molecule has 0 aliphatic carbocycles. The van der Waals surface area contributed by atoms with Crippen LogP contribution in [0.1, 0.15) is 40.0 Å². The van der Waals surface area contributed by atoms with Crippen LogP contribution in [0.15, 0.2) is 24.3 Å². The van der Waals surface area contributed by atoms with Crippen molar-refractivity contribution in [3.05, 3.63) is 24.3 Å². The maximum absolute atomic E-state index is 11.4. The van der Waals surface area contributed by atoms with Gasteiger partial charge in [0, 0.05) is 0 Å². The van der Waals surface area contributed by atoms with Crippen molar-refractivity contribution in [2.45, 2.75) is 76.3 Å². The molecule has 0 saturated carbocycles. The highest BCUT2D eigenvalue weighted by molar-refractivity contribution is 5.90. The fourth-order valence-corrected chi connectivity index (χ4v) is 2.62. The van der Waals surface area contributed by atoms with Crippen molar-refractivity contribution in [2.75, 3.05) is 6.61 Å². The van der Waals surface area contributed by atoms with Gasteiger partial charge in [-0.15, -0.1) is 6.58 Å². The van der Waals surface area contributed by atoms with Crippen LogP contribution < -0.4 is 0 Å². The zero-order valence-corrected chi connectivity index (χ0v) is 16.4. The Bertz CT molecular complexity index is 584. The van der Waals surface area contributed by atoms with Crippen molar-refractivity contribution in [3.63, 3.8) is 0 Å². The van der Waals surface area contributed by atoms with Crippen molar-refractivity contribution in [1.82, 2.24) is 0 Å². The third-order valence-electron chi connectivity index (χ3n) is 4.38. The van der Waals surface area contributed by atoms with Gasteiger partial charge in [0.05, 0.1) is 5.60 Å². The lowest BCUT2D eigenvalue weighted by Gasteiger charge is -2.43. The van der Waals surface area contributed by atoms with E-state index in [2.05, 4.69) is 6.58 Å². The number of carboxylic acid groups (broad SMARTS) is 1. The standard InChI is InChI=1S/C19H30O9/c1-5-19(4,8-6-7-11(2)3)28-18-17(25)16(24)15(23)12(27-18)10-26-14(22)9-13(20)21/h5,7,12,15-18,23-25H,1,6,8-10H2,2-4H3,(H,20,21)/t12-,15-,16+,17-,18+,19-/m1/s1. The molecule has 0 amide bonds. The number of aliphatic hydroxyl groups excluding tert-OH is 3. The second-order valence-electron chi connectivity index (χ2n) is 7.22. The van der Waals surface area contributed by atoms with Gasteiger partial charge in [-0.3, -0.25) is 9.59 Å². The van der Waals surface area contributed by atoms with E-state index in [-0.39, 0.29) is 0 Å². The van der Waals surface area contributed by atoms with Gasteiger partial charge in [0.2, 0.25) is 0 Å². The van der Waals surface area contributed by atoms with Crippen molar-refractivity contribution in [1.29, 1.82) is 0 Å². The van der Waals surface area contributed by atoms with Gasteiger partial charge in [-0.2, -0.15) is 0 Å². The minimum Gasteiger partial charge on any atom is -0.481 e. The van der Waals surface area contributed by atoms with E-state index in [1.165, 1.54) is 0 Å². The van der Waals surface area contributed by atoms with Crippen LogP contribution in [0.5, 0.6) is 0 Å². The predicted octanol–water partition coefficient (Wildman–Crippen LogP) is 0.520. The first-order valence-corrected chi connectivity index (χ1v) is 9.01. The van der Waals surface area contributed by atoms with Crippen LogP contribution in [0.2, 0.25) is 0 Å². The summed E-state index contributed by atoms with van der Waals surface area (Å²) in [6.45, 7) is 8.92. The van der Waals surface area contributed by atoms with E-state index in [9.17, 15) is 24.9 Å². The average molecular weight is 402 g/mol. The highest BCUT2D eigenvalue weighted by atomic mass is 16.7. The molecule has 0 spiro atoms. The van der Waals surface area contributed by atoms with Crippen molar-refractivity contribution in [2.24, 2.45) is 0 Å². The highest BCUT2D eigenvalue weighted by Gasteiger charge is 2.46. The summed E-state index contributed by atoms with van der Waals surface area (Å²) in [6.07, 6.45) is -3.24. The van der Waals surface area contributed by atoms with E-state index in [0.717, 1.165) is 5.57 Å². The highest BCUT2D eigenvalue weighted by Crippen LogP contribution is 2.29. The Morgan fingerprint density at radius 3 is 2.36 bits per heavy atom. The molecule has 0 radical (unpaired) electrons. The molecule has 0 bridgehead atoms. The molecule has 1 aliphatic rings. The summed E-state index contributed by atoms with van der Waals surface area (Å²) >= 11 is 0. The lowest BCUT2D eigenvalue weighted by atomic mass is 9.96. The summed E-state index contributed by atoms with van der Waals surface area (Å²) in [7, 11) is 0. The van der Waals surface area contributed by atoms with E-state index in [0.29, 0.717) is 12.8 Å². The Morgan fingerprint density at radius 2 is 1.82 bits per heavy atom. The molecular weight excluding hydrogens is 372 g/mol. The fraction of sp³-hybridized carbons (Fsp3) is 0.684. The molecule has 1 rings (SSSR count). The SMILES string of the molecule is C=C[C@](C)(CCC=C(C)C)O[C@@H]1O[C@H](COC(=O)CC(=O)O)[C@@H](O)[C@H](O)[C@H]1O. The minimum atomic E-state index is -1.60. The molecule has 1 aliphatic heterocycles. The van der Waals surface area contributed by atoms with Crippen LogP contribution in [-0.2, 0) is 23.8 Å². The van der Waals surface area contributed by atoms with E-state index < -0.39 is 61.3 Å². The molecule has 9 nitrogen and oxygen atoms in total. The van der Waals surface area contributed by atoms with Crippen molar-refractivity contribution < 1.29 is 44.2 Å². The molecule has 1 heterocycles. The number of aliphatic hydroxyl groups is 3. The van der Waals surface area contributed by atoms with Crippen molar-refractivity contribution in [3.8, 4) is 0 Å². The normalized spacial score (nSPS) is 29.4. The number of carbonyl (C=O) groups excluding carboxylic acids is 1. The molecule has 0 aromatic heterocycles. The first-order chi connectivity index (χ1) is 13.0. The van der Waals surface area contributed by atoms with E-state index >= 15 is 0 Å². The second kappa shape index (κ2) is 10.7. The van der Waals surface area contributed by atoms with Crippen LogP contribution in [0, 0.1) is 0 Å². The summed E-state index contributed by atoms with van der Waals surface area (Å²) < 4.78 is 16.1. The summed E-state index contributed by atoms with van der Waals surface area (Å²) in [6, 6.07) is 0. The third-order valence-corrected chi connectivity index (χ3v) is 4.38. The lowest BCUT2D eigenvalue weighted by molar-refractivity contribution is -0.320. The Balaban J connectivity index is 2.78. The Kier molecular flexibility index (Phi) is 9.25. The first kappa shape index (κ1) is 24.3. The predicted molar refractivity (Wildman–Crippen MR) is 98.2 cm³/mol. The Hall–Kier alpha value is -1.78. The molecule has 9 heteroatoms. The number of hydrogen-bond acceptors (Lipinski definition) is 8. The molecule has 28 heavy (non-hydrogen) atoms. The number of hydrogen-bond donors (Lipinski definition) is 4. The largest absolute Gasteiger partial charge is 0.481 e. The number of esters is 1. The zero-order valence-electron chi connectivity index (χ0n) is 16.4. The van der Waals surface area contributed by atoms with E-state index in [4.69, 9.17) is 19.3 Å². The summed E-state index contributed by atoms with van der Waals surface area (Å²) in [5, 5.41) is 38.9. The molecular formula is C19H30O9. The maximum Gasteiger partial charge on any atom is 0.317 e. The topological polar surface area (TPSA) is 143 Å². The number of carbonyl (C=O) groups is 2. The smallest absolute Gasteiger partial charge is 0.317 e. The Labute approximate surface area is 164 Å². The number of allylic oxidation sites excluding steroid dienone is 2. The molecule has 0 unspecified atom stereocenters. The molecule has 1 fully saturated rings. The zero-order chi connectivity index (χ0) is 21.5. The van der Waals surface area contributed by atoms with E-state index in [1.807, 2.05) is 19.9 Å². The Morgan fingerprint density at radius 1 is 1.18 bits per heavy atom. The van der Waals surface area contributed by atoms with Crippen LogP contribution in [0.25, 0.3) is 0 Å². The van der Waals surface area contributed by atoms with Gasteiger partial charge in [0.25, 0.3) is 0 Å². The molecule has 160 valence electrons. The molecule has 1 saturated heterocycles. The summed E-state index contributed by atoms with van der Waals surface area (Å²) in [5.74, 6) is -2.37. The monoisotopic (exact) mass is 402 g/mol. The van der Waals surface area contributed by atoms with Gasteiger partial charge in [-0.25, -0.2) is 0 Å². The molecule has 6 atom stereocenters. The minimum absolute atomic E-state index is 0.501. The first-order valence-electron chi connectivity index (χ1n) is 9.01. The second-order valence-corrected chi connectivity index (χ2v) is 7.22. The van der Waals surface area contributed by atoms with Gasteiger partial charge in [0.15, 0.2) is 6.29 Å². The number of carboxylic acids is 1. The number of aliphatic carboxylic acids is 1. The van der Waals surface area contributed by atoms with Crippen LogP contribution >= 0.6 is 0 Å². The fourth-order valence-electron chi connectivity index (χ4n) is 2.62. The van der Waals surface area contributed by atoms with Gasteiger partial charge >= 0.3 is 11.9 Å². The lowest BCUT2D eigenvalue weighted by Crippen LogP contribution is -2.60. The van der Waals surface area contributed by atoms with E-state index in [1.54, 1.807) is 13.0 Å². The third kappa shape index (κ3) is 7.33. The quantitative estimate of drug-likeness (QED) is 0.234. The average Bonchev–Trinajstić information content (AvgIpc) is 2.60. The van der Waals surface area contributed by atoms with Crippen LogP contribution in [0.4, 0.5) is 0 Å². The number of ether oxygens (including phenoxy) is 3. The van der Waals surface area contributed by atoms with Crippen LogP contribution in [0.3, 0.4) is 0 Å².